The van der Waals surface area contributed by atoms with Crippen molar-refractivity contribution < 1.29 is 17.9 Å². The van der Waals surface area contributed by atoms with Crippen molar-refractivity contribution in [3.8, 4) is 0 Å². The van der Waals surface area contributed by atoms with Gasteiger partial charge in [0.05, 0.1) is 17.6 Å². The van der Waals surface area contributed by atoms with Crippen molar-refractivity contribution in [3.63, 3.8) is 0 Å². The summed E-state index contributed by atoms with van der Waals surface area (Å²) in [7, 11) is -2.53. The SMILES string of the molecule is COC(=O)c1cc(N)ccc1S(=O)(=O)NC1CCC1. The molecular weight excluding hydrogens is 268 g/mol. The van der Waals surface area contributed by atoms with Crippen LogP contribution in [0.25, 0.3) is 0 Å². The molecule has 2 rings (SSSR count). The summed E-state index contributed by atoms with van der Waals surface area (Å²) in [6.07, 6.45) is 2.66. The highest BCUT2D eigenvalue weighted by Crippen LogP contribution is 2.24. The molecule has 0 heterocycles. The quantitative estimate of drug-likeness (QED) is 0.632. The second-order valence-electron chi connectivity index (χ2n) is 4.50. The van der Waals surface area contributed by atoms with Crippen LogP contribution in [0.2, 0.25) is 0 Å². The number of nitrogen functional groups attached to an aromatic ring is 1. The summed E-state index contributed by atoms with van der Waals surface area (Å²) in [4.78, 5) is 11.5. The van der Waals surface area contributed by atoms with Gasteiger partial charge in [-0.3, -0.25) is 0 Å². The van der Waals surface area contributed by atoms with E-state index in [4.69, 9.17) is 5.73 Å². The second kappa shape index (κ2) is 5.18. The van der Waals surface area contributed by atoms with Crippen molar-refractivity contribution in [3.05, 3.63) is 23.8 Å². The lowest BCUT2D eigenvalue weighted by molar-refractivity contribution is 0.0596. The molecule has 1 aromatic rings. The van der Waals surface area contributed by atoms with Crippen LogP contribution in [-0.4, -0.2) is 27.5 Å². The van der Waals surface area contributed by atoms with Crippen LogP contribution >= 0.6 is 0 Å². The molecule has 7 heteroatoms. The van der Waals surface area contributed by atoms with E-state index >= 15 is 0 Å². The first kappa shape index (κ1) is 13.8. The Bertz CT molecular complexity index is 594. The lowest BCUT2D eigenvalue weighted by atomic mass is 9.94. The number of esters is 1. The Morgan fingerprint density at radius 2 is 2.11 bits per heavy atom. The van der Waals surface area contributed by atoms with Gasteiger partial charge >= 0.3 is 5.97 Å². The highest BCUT2D eigenvalue weighted by molar-refractivity contribution is 7.89. The number of sulfonamides is 1. The topological polar surface area (TPSA) is 98.5 Å². The van der Waals surface area contributed by atoms with Crippen LogP contribution in [0.3, 0.4) is 0 Å². The Morgan fingerprint density at radius 1 is 1.42 bits per heavy atom. The molecule has 0 amide bonds. The number of carbonyl (C=O) groups is 1. The normalized spacial score (nSPS) is 15.8. The largest absolute Gasteiger partial charge is 0.465 e. The van der Waals surface area contributed by atoms with Crippen LogP contribution < -0.4 is 10.5 Å². The van der Waals surface area contributed by atoms with Crippen LogP contribution in [-0.2, 0) is 14.8 Å². The first-order valence-corrected chi connectivity index (χ1v) is 7.42. The minimum atomic E-state index is -3.73. The van der Waals surface area contributed by atoms with Gasteiger partial charge in [-0.15, -0.1) is 0 Å². The van der Waals surface area contributed by atoms with E-state index < -0.39 is 16.0 Å². The standard InChI is InChI=1S/C12H16N2O4S/c1-18-12(15)10-7-8(13)5-6-11(10)19(16,17)14-9-3-2-4-9/h5-7,9,14H,2-4,13H2,1H3. The summed E-state index contributed by atoms with van der Waals surface area (Å²) in [6, 6.07) is 4.03. The minimum absolute atomic E-state index is 0.0469. The van der Waals surface area contributed by atoms with Crippen molar-refractivity contribution >= 4 is 21.7 Å². The summed E-state index contributed by atoms with van der Waals surface area (Å²) in [5, 5.41) is 0. The molecule has 1 saturated carbocycles. The van der Waals surface area contributed by atoms with Gasteiger partial charge in [0.25, 0.3) is 0 Å². The number of hydrogen-bond acceptors (Lipinski definition) is 5. The number of rotatable bonds is 4. The highest BCUT2D eigenvalue weighted by Gasteiger charge is 2.28. The van der Waals surface area contributed by atoms with Gasteiger partial charge in [0.2, 0.25) is 10.0 Å². The molecule has 0 spiro atoms. The van der Waals surface area contributed by atoms with E-state index in [2.05, 4.69) is 9.46 Å². The molecule has 0 bridgehead atoms. The van der Waals surface area contributed by atoms with Gasteiger partial charge in [-0.1, -0.05) is 6.42 Å². The van der Waals surface area contributed by atoms with Crippen molar-refractivity contribution in [2.45, 2.75) is 30.2 Å². The fraction of sp³-hybridized carbons (Fsp3) is 0.417. The molecule has 19 heavy (non-hydrogen) atoms. The van der Waals surface area contributed by atoms with Crippen molar-refractivity contribution in [2.75, 3.05) is 12.8 Å². The van der Waals surface area contributed by atoms with E-state index in [1.54, 1.807) is 0 Å². The number of benzene rings is 1. The van der Waals surface area contributed by atoms with Gasteiger partial charge in [0.15, 0.2) is 0 Å². The van der Waals surface area contributed by atoms with Gasteiger partial charge < -0.3 is 10.5 Å². The number of anilines is 1. The Hall–Kier alpha value is -1.60. The summed E-state index contributed by atoms with van der Waals surface area (Å²) in [5.74, 6) is -0.721. The smallest absolute Gasteiger partial charge is 0.339 e. The maximum absolute atomic E-state index is 12.2. The number of methoxy groups -OCH3 is 1. The maximum Gasteiger partial charge on any atom is 0.339 e. The predicted molar refractivity (Wildman–Crippen MR) is 70.2 cm³/mol. The van der Waals surface area contributed by atoms with Crippen LogP contribution in [0.5, 0.6) is 0 Å². The molecule has 0 aliphatic heterocycles. The van der Waals surface area contributed by atoms with Crippen LogP contribution in [0, 0.1) is 0 Å². The number of carbonyl (C=O) groups excluding carboxylic acids is 1. The van der Waals surface area contributed by atoms with Gasteiger partial charge in [-0.05, 0) is 31.0 Å². The van der Waals surface area contributed by atoms with E-state index in [0.29, 0.717) is 5.69 Å². The van der Waals surface area contributed by atoms with E-state index in [1.165, 1.54) is 25.3 Å². The Kier molecular flexibility index (Phi) is 3.77. The van der Waals surface area contributed by atoms with Gasteiger partial charge in [0, 0.05) is 11.7 Å². The zero-order valence-electron chi connectivity index (χ0n) is 10.5. The lowest BCUT2D eigenvalue weighted by Gasteiger charge is -2.26. The summed E-state index contributed by atoms with van der Waals surface area (Å²) in [5.41, 5.74) is 5.84. The first-order chi connectivity index (χ1) is 8.94. The molecule has 6 nitrogen and oxygen atoms in total. The Balaban J connectivity index is 2.39. The van der Waals surface area contributed by atoms with Gasteiger partial charge in [-0.25, -0.2) is 17.9 Å². The summed E-state index contributed by atoms with van der Waals surface area (Å²) >= 11 is 0. The molecule has 0 radical (unpaired) electrons. The Morgan fingerprint density at radius 3 is 2.63 bits per heavy atom. The highest BCUT2D eigenvalue weighted by atomic mass is 32.2. The summed E-state index contributed by atoms with van der Waals surface area (Å²) in [6.45, 7) is 0. The van der Waals surface area contributed by atoms with E-state index in [9.17, 15) is 13.2 Å². The third-order valence-corrected chi connectivity index (χ3v) is 4.70. The molecule has 1 aromatic carbocycles. The van der Waals surface area contributed by atoms with Gasteiger partial charge in [-0.2, -0.15) is 0 Å². The molecule has 1 aliphatic carbocycles. The first-order valence-electron chi connectivity index (χ1n) is 5.94. The monoisotopic (exact) mass is 284 g/mol. The van der Waals surface area contributed by atoms with Gasteiger partial charge in [0.1, 0.15) is 0 Å². The zero-order chi connectivity index (χ0) is 14.0. The van der Waals surface area contributed by atoms with Crippen molar-refractivity contribution in [2.24, 2.45) is 0 Å². The van der Waals surface area contributed by atoms with E-state index in [-0.39, 0.29) is 16.5 Å². The molecular formula is C12H16N2O4S. The second-order valence-corrected chi connectivity index (χ2v) is 6.18. The molecule has 0 atom stereocenters. The lowest BCUT2D eigenvalue weighted by Crippen LogP contribution is -2.39. The van der Waals surface area contributed by atoms with E-state index in [1.807, 2.05) is 0 Å². The predicted octanol–water partition coefficient (Wildman–Crippen LogP) is 0.886. The zero-order valence-corrected chi connectivity index (χ0v) is 11.4. The third kappa shape index (κ3) is 2.87. The molecule has 1 aliphatic rings. The van der Waals surface area contributed by atoms with Crippen molar-refractivity contribution in [1.29, 1.82) is 0 Å². The minimum Gasteiger partial charge on any atom is -0.465 e. The van der Waals surface area contributed by atoms with Crippen LogP contribution in [0.4, 0.5) is 5.69 Å². The fourth-order valence-corrected chi connectivity index (χ4v) is 3.34. The molecule has 1 fully saturated rings. The number of nitrogens with one attached hydrogen (secondary N) is 1. The number of ether oxygens (including phenoxy) is 1. The molecule has 3 N–H and O–H groups in total. The number of hydrogen-bond donors (Lipinski definition) is 2. The van der Waals surface area contributed by atoms with Crippen molar-refractivity contribution in [1.82, 2.24) is 4.72 Å². The number of nitrogens with two attached hydrogens (primary N) is 1. The average Bonchev–Trinajstić information content (AvgIpc) is 2.32. The molecule has 0 unspecified atom stereocenters. The molecule has 0 aromatic heterocycles. The molecule has 0 saturated heterocycles. The fourth-order valence-electron chi connectivity index (χ4n) is 1.86. The Labute approximate surface area is 112 Å². The summed E-state index contributed by atoms with van der Waals surface area (Å²) < 4.78 is 31.6. The maximum atomic E-state index is 12.2. The average molecular weight is 284 g/mol. The molecule has 104 valence electrons. The van der Waals surface area contributed by atoms with Crippen LogP contribution in [0.15, 0.2) is 23.1 Å². The van der Waals surface area contributed by atoms with Crippen LogP contribution in [0.1, 0.15) is 29.6 Å². The third-order valence-electron chi connectivity index (χ3n) is 3.13. The van der Waals surface area contributed by atoms with E-state index in [0.717, 1.165) is 19.3 Å².